The molecule has 0 saturated carbocycles. The molecule has 0 saturated heterocycles. The van der Waals surface area contributed by atoms with E-state index in [0.29, 0.717) is 36.0 Å². The van der Waals surface area contributed by atoms with E-state index in [9.17, 15) is 13.7 Å². The molecule has 2 aliphatic rings. The van der Waals surface area contributed by atoms with Crippen LogP contribution in [-0.4, -0.2) is 38.5 Å². The second-order valence-corrected chi connectivity index (χ2v) is 11.5. The van der Waals surface area contributed by atoms with E-state index in [-0.39, 0.29) is 12.6 Å². The van der Waals surface area contributed by atoms with Crippen molar-refractivity contribution in [2.75, 3.05) is 24.7 Å². The molecule has 174 valence electrons. The lowest BCUT2D eigenvalue weighted by Gasteiger charge is -2.32. The summed E-state index contributed by atoms with van der Waals surface area (Å²) in [5.74, 6) is 0. The maximum absolute atomic E-state index is 13.8. The predicted octanol–water partition coefficient (Wildman–Crippen LogP) is 3.23. The number of rotatable bonds is 6. The standard InChI is InChI=1S/C25H25N5O2S2/c26-13-20-8-9-24-21(11-20)15-30(34(31,32)25-7-4-10-33-25)23(12-19-5-2-1-3-6-19)17-29(24)16-22-14-27-18-28-22/h1-11,14,23,27-28H,12,15-18H2/t23-/m1/s1. The van der Waals surface area contributed by atoms with Crippen molar-refractivity contribution in [3.05, 3.63) is 94.6 Å². The molecule has 0 amide bonds. The molecule has 9 heteroatoms. The maximum Gasteiger partial charge on any atom is 0.253 e. The van der Waals surface area contributed by atoms with Crippen LogP contribution in [0.4, 0.5) is 5.69 Å². The van der Waals surface area contributed by atoms with E-state index >= 15 is 0 Å². The van der Waals surface area contributed by atoms with Gasteiger partial charge in [-0.2, -0.15) is 9.57 Å². The van der Waals surface area contributed by atoms with Crippen LogP contribution in [0.2, 0.25) is 0 Å². The first-order valence-corrected chi connectivity index (χ1v) is 13.4. The normalized spacial score (nSPS) is 18.3. The van der Waals surface area contributed by atoms with Gasteiger partial charge in [-0.25, -0.2) is 8.42 Å². The Bertz CT molecular complexity index is 1330. The number of benzene rings is 2. The summed E-state index contributed by atoms with van der Waals surface area (Å²) in [4.78, 5) is 2.22. The molecule has 2 N–H and O–H groups in total. The van der Waals surface area contributed by atoms with Crippen molar-refractivity contribution in [1.82, 2.24) is 14.9 Å². The van der Waals surface area contributed by atoms with Gasteiger partial charge in [-0.05, 0) is 47.2 Å². The Hall–Kier alpha value is -3.32. The summed E-state index contributed by atoms with van der Waals surface area (Å²) in [5.41, 5.74) is 4.44. The van der Waals surface area contributed by atoms with E-state index < -0.39 is 10.0 Å². The van der Waals surface area contributed by atoms with Crippen molar-refractivity contribution < 1.29 is 8.42 Å². The molecular formula is C25H25N5O2S2. The summed E-state index contributed by atoms with van der Waals surface area (Å²) in [5, 5.41) is 17.8. The van der Waals surface area contributed by atoms with Crippen LogP contribution in [0.3, 0.4) is 0 Å². The molecule has 3 aromatic rings. The average Bonchev–Trinajstić information content (AvgIpc) is 3.55. The molecule has 0 aliphatic carbocycles. The Balaban J connectivity index is 1.60. The van der Waals surface area contributed by atoms with E-state index in [1.54, 1.807) is 27.9 Å². The van der Waals surface area contributed by atoms with E-state index in [1.165, 1.54) is 11.3 Å². The van der Waals surface area contributed by atoms with Gasteiger partial charge in [0.25, 0.3) is 10.0 Å². The molecule has 3 heterocycles. The summed E-state index contributed by atoms with van der Waals surface area (Å²) in [7, 11) is -3.72. The third-order valence-electron chi connectivity index (χ3n) is 6.14. The van der Waals surface area contributed by atoms with Gasteiger partial charge in [0.15, 0.2) is 0 Å². The van der Waals surface area contributed by atoms with Crippen molar-refractivity contribution in [2.45, 2.75) is 23.2 Å². The third kappa shape index (κ3) is 4.53. The highest BCUT2D eigenvalue weighted by molar-refractivity contribution is 7.91. The zero-order valence-corrected chi connectivity index (χ0v) is 20.1. The van der Waals surface area contributed by atoms with Crippen LogP contribution < -0.4 is 15.5 Å². The van der Waals surface area contributed by atoms with Gasteiger partial charge in [-0.1, -0.05) is 36.4 Å². The van der Waals surface area contributed by atoms with Gasteiger partial charge >= 0.3 is 0 Å². The minimum Gasteiger partial charge on any atom is -0.372 e. The first-order chi connectivity index (χ1) is 16.5. The van der Waals surface area contributed by atoms with E-state index in [0.717, 1.165) is 22.5 Å². The number of hydrogen-bond acceptors (Lipinski definition) is 7. The lowest BCUT2D eigenvalue weighted by Crippen LogP contribution is -2.46. The summed E-state index contributed by atoms with van der Waals surface area (Å²) >= 11 is 1.23. The van der Waals surface area contributed by atoms with Crippen molar-refractivity contribution in [2.24, 2.45) is 0 Å². The lowest BCUT2D eigenvalue weighted by molar-refractivity contribution is 0.319. The molecule has 7 nitrogen and oxygen atoms in total. The average molecular weight is 492 g/mol. The van der Waals surface area contributed by atoms with Crippen LogP contribution in [0.25, 0.3) is 0 Å². The van der Waals surface area contributed by atoms with Gasteiger partial charge in [0, 0.05) is 36.7 Å². The van der Waals surface area contributed by atoms with Gasteiger partial charge in [-0.15, -0.1) is 11.3 Å². The Morgan fingerprint density at radius 3 is 2.68 bits per heavy atom. The van der Waals surface area contributed by atoms with Crippen LogP contribution in [0, 0.1) is 11.3 Å². The predicted molar refractivity (Wildman–Crippen MR) is 134 cm³/mol. The van der Waals surface area contributed by atoms with Crippen LogP contribution in [0.1, 0.15) is 16.7 Å². The highest BCUT2D eigenvalue weighted by Gasteiger charge is 2.37. The molecular weight excluding hydrogens is 466 g/mol. The van der Waals surface area contributed by atoms with Crippen LogP contribution >= 0.6 is 11.3 Å². The van der Waals surface area contributed by atoms with E-state index in [4.69, 9.17) is 0 Å². The SMILES string of the molecule is N#Cc1ccc2c(c1)CN(S(=O)(=O)c1cccs1)[C@H](Cc1ccccc1)CN2CC1=CNCN1. The number of hydrogen-bond donors (Lipinski definition) is 2. The van der Waals surface area contributed by atoms with Crippen LogP contribution in [0.15, 0.2) is 82.1 Å². The highest BCUT2D eigenvalue weighted by Crippen LogP contribution is 2.34. The molecule has 5 rings (SSSR count). The van der Waals surface area contributed by atoms with Crippen LogP contribution in [0.5, 0.6) is 0 Å². The monoisotopic (exact) mass is 491 g/mol. The van der Waals surface area contributed by atoms with Gasteiger partial charge in [0.2, 0.25) is 0 Å². The van der Waals surface area contributed by atoms with E-state index in [1.807, 2.05) is 48.7 Å². The van der Waals surface area contributed by atoms with Crippen molar-refractivity contribution in [3.63, 3.8) is 0 Å². The molecule has 1 aromatic heterocycles. The summed E-state index contributed by atoms with van der Waals surface area (Å²) in [6.45, 7) is 2.03. The second-order valence-electron chi connectivity index (χ2n) is 8.39. The number of thiophene rings is 1. The molecule has 0 radical (unpaired) electrons. The topological polar surface area (TPSA) is 88.5 Å². The van der Waals surface area contributed by atoms with Crippen molar-refractivity contribution >= 4 is 27.0 Å². The number of nitriles is 1. The minimum atomic E-state index is -3.72. The Morgan fingerprint density at radius 2 is 1.97 bits per heavy atom. The highest BCUT2D eigenvalue weighted by atomic mass is 32.2. The van der Waals surface area contributed by atoms with Gasteiger partial charge in [0.1, 0.15) is 4.21 Å². The fourth-order valence-corrected chi connectivity index (χ4v) is 7.25. The van der Waals surface area contributed by atoms with Gasteiger partial charge in [-0.3, -0.25) is 0 Å². The molecule has 0 unspecified atom stereocenters. The number of nitrogens with zero attached hydrogens (tertiary/aromatic N) is 3. The first-order valence-electron chi connectivity index (χ1n) is 11.1. The van der Waals surface area contributed by atoms with Gasteiger partial charge in [0.05, 0.1) is 24.8 Å². The minimum absolute atomic E-state index is 0.212. The first kappa shape index (κ1) is 22.5. The Kier molecular flexibility index (Phi) is 6.28. The fraction of sp³-hybridized carbons (Fsp3) is 0.240. The molecule has 0 spiro atoms. The Morgan fingerprint density at radius 1 is 1.12 bits per heavy atom. The number of fused-ring (bicyclic) bond motifs is 1. The fourth-order valence-electron chi connectivity index (χ4n) is 4.54. The second kappa shape index (κ2) is 9.50. The molecule has 0 bridgehead atoms. The quantitative estimate of drug-likeness (QED) is 0.551. The summed E-state index contributed by atoms with van der Waals surface area (Å²) in [6.07, 6.45) is 2.55. The molecule has 2 aromatic carbocycles. The molecule has 2 aliphatic heterocycles. The third-order valence-corrected chi connectivity index (χ3v) is 9.41. The smallest absolute Gasteiger partial charge is 0.253 e. The molecule has 0 fully saturated rings. The largest absolute Gasteiger partial charge is 0.372 e. The lowest BCUT2D eigenvalue weighted by atomic mass is 10.1. The number of sulfonamides is 1. The van der Waals surface area contributed by atoms with Crippen molar-refractivity contribution in [1.29, 1.82) is 5.26 Å². The van der Waals surface area contributed by atoms with Crippen molar-refractivity contribution in [3.8, 4) is 6.07 Å². The molecule has 1 atom stereocenters. The van der Waals surface area contributed by atoms with Crippen LogP contribution in [-0.2, 0) is 23.0 Å². The number of nitrogens with one attached hydrogen (secondary N) is 2. The van der Waals surface area contributed by atoms with E-state index in [2.05, 4.69) is 21.6 Å². The maximum atomic E-state index is 13.8. The summed E-state index contributed by atoms with van der Waals surface area (Å²) in [6, 6.07) is 20.9. The zero-order chi connectivity index (χ0) is 23.5. The Labute approximate surface area is 204 Å². The van der Waals surface area contributed by atoms with Gasteiger partial charge < -0.3 is 15.5 Å². The molecule has 34 heavy (non-hydrogen) atoms. The summed E-state index contributed by atoms with van der Waals surface area (Å²) < 4.78 is 29.6. The zero-order valence-electron chi connectivity index (χ0n) is 18.5. The number of anilines is 1.